The number of hydrogen-bond donors (Lipinski definition) is 0. The summed E-state index contributed by atoms with van der Waals surface area (Å²) in [5, 5.41) is 0. The van der Waals surface area contributed by atoms with Gasteiger partial charge in [-0.1, -0.05) is 19.1 Å². The van der Waals surface area contributed by atoms with Gasteiger partial charge in [0.2, 0.25) is 11.8 Å². The quantitative estimate of drug-likeness (QED) is 0.856. The van der Waals surface area contributed by atoms with Gasteiger partial charge in [0.15, 0.2) is 0 Å². The van der Waals surface area contributed by atoms with Crippen LogP contribution in [0.15, 0.2) is 36.7 Å². The summed E-state index contributed by atoms with van der Waals surface area (Å²) in [5.74, 6) is 2.32. The molecule has 0 aliphatic carbocycles. The Kier molecular flexibility index (Phi) is 5.16. The Morgan fingerprint density at radius 3 is 2.84 bits per heavy atom. The summed E-state index contributed by atoms with van der Waals surface area (Å²) in [7, 11) is 0. The molecule has 132 valence electrons. The molecule has 6 heteroatoms. The van der Waals surface area contributed by atoms with Gasteiger partial charge >= 0.3 is 0 Å². The van der Waals surface area contributed by atoms with Crippen molar-refractivity contribution in [3.63, 3.8) is 0 Å². The fourth-order valence-corrected chi connectivity index (χ4v) is 3.10. The molecule has 2 heterocycles. The van der Waals surface area contributed by atoms with Gasteiger partial charge in [0.1, 0.15) is 17.9 Å². The highest BCUT2D eigenvalue weighted by atomic mass is 16.5. The first kappa shape index (κ1) is 17.2. The van der Waals surface area contributed by atoms with Gasteiger partial charge in [0.05, 0.1) is 0 Å². The highest BCUT2D eigenvalue weighted by molar-refractivity contribution is 5.76. The van der Waals surface area contributed by atoms with Gasteiger partial charge in [-0.05, 0) is 31.5 Å². The first-order valence-electron chi connectivity index (χ1n) is 8.68. The standard InChI is InChI=1S/C19H24N4O2/c1-4-19(24)23-9-8-22(12-15(23)3)17-11-18(21-13-20-17)25-16-7-5-6-14(2)10-16/h5-7,10-11,13,15H,4,8-9,12H2,1-3H3. The maximum atomic E-state index is 12.0. The molecule has 0 bridgehead atoms. The monoisotopic (exact) mass is 340 g/mol. The summed E-state index contributed by atoms with van der Waals surface area (Å²) in [4.78, 5) is 24.7. The zero-order chi connectivity index (χ0) is 17.8. The van der Waals surface area contributed by atoms with E-state index in [0.717, 1.165) is 30.2 Å². The second kappa shape index (κ2) is 7.51. The lowest BCUT2D eigenvalue weighted by molar-refractivity contribution is -0.133. The van der Waals surface area contributed by atoms with E-state index in [1.165, 1.54) is 6.33 Å². The molecule has 3 rings (SSSR count). The largest absolute Gasteiger partial charge is 0.439 e. The van der Waals surface area contributed by atoms with E-state index in [4.69, 9.17) is 4.74 Å². The number of carbonyl (C=O) groups is 1. The molecule has 1 aromatic carbocycles. The molecule has 1 amide bonds. The van der Waals surface area contributed by atoms with Crippen molar-refractivity contribution in [1.29, 1.82) is 0 Å². The minimum Gasteiger partial charge on any atom is -0.439 e. The van der Waals surface area contributed by atoms with E-state index in [1.54, 1.807) is 0 Å². The van der Waals surface area contributed by atoms with Crippen LogP contribution in [0.4, 0.5) is 5.82 Å². The van der Waals surface area contributed by atoms with Crippen LogP contribution in [-0.2, 0) is 4.79 Å². The van der Waals surface area contributed by atoms with Crippen molar-refractivity contribution in [3.8, 4) is 11.6 Å². The van der Waals surface area contributed by atoms with Crippen molar-refractivity contribution in [1.82, 2.24) is 14.9 Å². The van der Waals surface area contributed by atoms with Crippen LogP contribution in [0.3, 0.4) is 0 Å². The predicted molar refractivity (Wildman–Crippen MR) is 97.0 cm³/mol. The zero-order valence-corrected chi connectivity index (χ0v) is 15.0. The summed E-state index contributed by atoms with van der Waals surface area (Å²) in [6.45, 7) is 8.23. The van der Waals surface area contributed by atoms with E-state index >= 15 is 0 Å². The first-order chi connectivity index (χ1) is 12.1. The van der Waals surface area contributed by atoms with Crippen molar-refractivity contribution >= 4 is 11.7 Å². The Balaban J connectivity index is 1.71. The Hall–Kier alpha value is -2.63. The molecular formula is C19H24N4O2. The maximum Gasteiger partial charge on any atom is 0.224 e. The number of piperazine rings is 1. The minimum atomic E-state index is 0.164. The summed E-state index contributed by atoms with van der Waals surface area (Å²) in [5.41, 5.74) is 1.14. The van der Waals surface area contributed by atoms with E-state index in [1.807, 2.05) is 49.1 Å². The summed E-state index contributed by atoms with van der Waals surface area (Å²) in [6, 6.07) is 9.88. The Labute approximate surface area is 148 Å². The molecule has 1 atom stereocenters. The predicted octanol–water partition coefficient (Wildman–Crippen LogP) is 3.02. The van der Waals surface area contributed by atoms with Crippen molar-refractivity contribution in [3.05, 3.63) is 42.2 Å². The van der Waals surface area contributed by atoms with Crippen LogP contribution in [0.5, 0.6) is 11.6 Å². The molecular weight excluding hydrogens is 316 g/mol. The molecule has 6 nitrogen and oxygen atoms in total. The highest BCUT2D eigenvalue weighted by Gasteiger charge is 2.27. The number of ether oxygens (including phenoxy) is 1. The molecule has 1 saturated heterocycles. The molecule has 1 aliphatic rings. The van der Waals surface area contributed by atoms with Gasteiger partial charge in [-0.25, -0.2) is 9.97 Å². The third-order valence-corrected chi connectivity index (χ3v) is 4.41. The topological polar surface area (TPSA) is 58.6 Å². The molecule has 1 aromatic heterocycles. The number of aromatic nitrogens is 2. The van der Waals surface area contributed by atoms with Crippen LogP contribution >= 0.6 is 0 Å². The van der Waals surface area contributed by atoms with Gasteiger partial charge in [-0.3, -0.25) is 4.79 Å². The molecule has 0 saturated carbocycles. The van der Waals surface area contributed by atoms with Gasteiger partial charge in [0.25, 0.3) is 0 Å². The lowest BCUT2D eigenvalue weighted by Gasteiger charge is -2.40. The van der Waals surface area contributed by atoms with Crippen LogP contribution in [0, 0.1) is 6.92 Å². The summed E-state index contributed by atoms with van der Waals surface area (Å²) in [6.07, 6.45) is 2.07. The average molecular weight is 340 g/mol. The molecule has 1 unspecified atom stereocenters. The fraction of sp³-hybridized carbons (Fsp3) is 0.421. The van der Waals surface area contributed by atoms with Gasteiger partial charge in [0, 0.05) is 38.2 Å². The van der Waals surface area contributed by atoms with Gasteiger partial charge in [-0.2, -0.15) is 0 Å². The zero-order valence-electron chi connectivity index (χ0n) is 15.0. The van der Waals surface area contributed by atoms with Crippen molar-refractivity contribution in [2.45, 2.75) is 33.2 Å². The number of aryl methyl sites for hydroxylation is 1. The van der Waals surface area contributed by atoms with Crippen LogP contribution in [-0.4, -0.2) is 46.5 Å². The lowest BCUT2D eigenvalue weighted by Crippen LogP contribution is -2.54. The second-order valence-corrected chi connectivity index (χ2v) is 6.37. The molecule has 25 heavy (non-hydrogen) atoms. The van der Waals surface area contributed by atoms with Crippen LogP contribution < -0.4 is 9.64 Å². The molecule has 0 radical (unpaired) electrons. The van der Waals surface area contributed by atoms with Crippen molar-refractivity contribution in [2.24, 2.45) is 0 Å². The highest BCUT2D eigenvalue weighted by Crippen LogP contribution is 2.24. The molecule has 1 aliphatic heterocycles. The van der Waals surface area contributed by atoms with Crippen LogP contribution in [0.1, 0.15) is 25.8 Å². The fourth-order valence-electron chi connectivity index (χ4n) is 3.10. The van der Waals surface area contributed by atoms with Gasteiger partial charge < -0.3 is 14.5 Å². The number of anilines is 1. The number of rotatable bonds is 4. The van der Waals surface area contributed by atoms with Crippen LogP contribution in [0.25, 0.3) is 0 Å². The van der Waals surface area contributed by atoms with E-state index in [9.17, 15) is 4.79 Å². The van der Waals surface area contributed by atoms with E-state index in [-0.39, 0.29) is 11.9 Å². The minimum absolute atomic E-state index is 0.164. The first-order valence-corrected chi connectivity index (χ1v) is 8.68. The summed E-state index contributed by atoms with van der Waals surface area (Å²) >= 11 is 0. The maximum absolute atomic E-state index is 12.0. The number of hydrogen-bond acceptors (Lipinski definition) is 5. The Morgan fingerprint density at radius 1 is 1.28 bits per heavy atom. The number of nitrogens with zero attached hydrogens (tertiary/aromatic N) is 4. The molecule has 0 spiro atoms. The molecule has 0 N–H and O–H groups in total. The van der Waals surface area contributed by atoms with E-state index in [0.29, 0.717) is 18.8 Å². The molecule has 1 fully saturated rings. The Morgan fingerprint density at radius 2 is 2.12 bits per heavy atom. The second-order valence-electron chi connectivity index (χ2n) is 6.37. The normalized spacial score (nSPS) is 17.5. The Bertz CT molecular complexity index is 750. The summed E-state index contributed by atoms with van der Waals surface area (Å²) < 4.78 is 5.85. The third kappa shape index (κ3) is 4.07. The SMILES string of the molecule is CCC(=O)N1CCN(c2cc(Oc3cccc(C)c3)ncn2)CC1C. The van der Waals surface area contributed by atoms with Crippen molar-refractivity contribution < 1.29 is 9.53 Å². The number of carbonyl (C=O) groups excluding carboxylic acids is 1. The van der Waals surface area contributed by atoms with Crippen LogP contribution in [0.2, 0.25) is 0 Å². The number of benzene rings is 1. The van der Waals surface area contributed by atoms with Gasteiger partial charge in [-0.15, -0.1) is 0 Å². The van der Waals surface area contributed by atoms with E-state index < -0.39 is 0 Å². The third-order valence-electron chi connectivity index (χ3n) is 4.41. The molecule has 2 aromatic rings. The number of amides is 1. The van der Waals surface area contributed by atoms with Crippen molar-refractivity contribution in [2.75, 3.05) is 24.5 Å². The average Bonchev–Trinajstić information content (AvgIpc) is 2.61. The lowest BCUT2D eigenvalue weighted by atomic mass is 10.1. The van der Waals surface area contributed by atoms with E-state index in [2.05, 4.69) is 21.8 Å². The smallest absolute Gasteiger partial charge is 0.224 e.